The van der Waals surface area contributed by atoms with E-state index >= 15 is 0 Å². The average molecular weight is 383 g/mol. The lowest BCUT2D eigenvalue weighted by molar-refractivity contribution is -0.384. The van der Waals surface area contributed by atoms with Gasteiger partial charge in [-0.2, -0.15) is 0 Å². The number of hydrogen-bond acceptors (Lipinski definition) is 5. The lowest BCUT2D eigenvalue weighted by Crippen LogP contribution is -2.45. The first-order valence-electron chi connectivity index (χ1n) is 8.95. The van der Waals surface area contributed by atoms with Crippen molar-refractivity contribution in [3.8, 4) is 0 Å². The summed E-state index contributed by atoms with van der Waals surface area (Å²) < 4.78 is 0. The van der Waals surface area contributed by atoms with E-state index in [0.717, 1.165) is 5.69 Å². The molecule has 146 valence electrons. The summed E-state index contributed by atoms with van der Waals surface area (Å²) in [6.07, 6.45) is 1.04. The fourth-order valence-corrected chi connectivity index (χ4v) is 3.04. The van der Waals surface area contributed by atoms with Gasteiger partial charge in [-0.15, -0.1) is 0 Å². The molecule has 0 spiro atoms. The molecule has 9 heteroatoms. The van der Waals surface area contributed by atoms with Crippen LogP contribution in [0.25, 0.3) is 0 Å². The van der Waals surface area contributed by atoms with E-state index in [0.29, 0.717) is 25.9 Å². The summed E-state index contributed by atoms with van der Waals surface area (Å²) >= 11 is 0. The predicted octanol–water partition coefficient (Wildman–Crippen LogP) is 2.98. The van der Waals surface area contributed by atoms with Crippen LogP contribution < -0.4 is 16.2 Å². The topological polar surface area (TPSA) is 117 Å². The van der Waals surface area contributed by atoms with Crippen LogP contribution in [0.3, 0.4) is 0 Å². The molecule has 0 aliphatic carbocycles. The first-order chi connectivity index (χ1) is 13.5. The smallest absolute Gasteiger partial charge is 0.321 e. The predicted molar refractivity (Wildman–Crippen MR) is 105 cm³/mol. The zero-order valence-corrected chi connectivity index (χ0v) is 15.1. The van der Waals surface area contributed by atoms with E-state index in [9.17, 15) is 19.7 Å². The van der Waals surface area contributed by atoms with E-state index in [1.807, 2.05) is 30.3 Å². The molecule has 3 rings (SSSR count). The molecule has 1 saturated heterocycles. The number of anilines is 2. The molecule has 2 aromatic rings. The van der Waals surface area contributed by atoms with Crippen LogP contribution in [0.1, 0.15) is 12.8 Å². The summed E-state index contributed by atoms with van der Waals surface area (Å²) in [6, 6.07) is 15.1. The van der Waals surface area contributed by atoms with Gasteiger partial charge in [-0.3, -0.25) is 25.8 Å². The van der Waals surface area contributed by atoms with Gasteiger partial charge in [0.05, 0.1) is 4.92 Å². The number of hydrazine groups is 1. The van der Waals surface area contributed by atoms with Gasteiger partial charge in [0.2, 0.25) is 5.91 Å². The van der Waals surface area contributed by atoms with Crippen molar-refractivity contribution in [1.82, 2.24) is 10.3 Å². The first-order valence-corrected chi connectivity index (χ1v) is 8.95. The van der Waals surface area contributed by atoms with Crippen LogP contribution in [0.2, 0.25) is 0 Å². The Bertz CT molecular complexity index is 850. The lowest BCUT2D eigenvalue weighted by Gasteiger charge is -2.31. The molecule has 0 unspecified atom stereocenters. The number of para-hydroxylation sites is 3. The molecule has 28 heavy (non-hydrogen) atoms. The number of nitrogens with one attached hydrogen (secondary N) is 3. The number of amides is 3. The van der Waals surface area contributed by atoms with E-state index in [4.69, 9.17) is 0 Å². The molecule has 0 radical (unpaired) electrons. The van der Waals surface area contributed by atoms with Crippen molar-refractivity contribution in [3.05, 3.63) is 64.7 Å². The summed E-state index contributed by atoms with van der Waals surface area (Å²) in [4.78, 5) is 36.8. The number of piperidine rings is 1. The maximum atomic E-state index is 12.4. The second-order valence-electron chi connectivity index (χ2n) is 6.45. The van der Waals surface area contributed by atoms with Crippen LogP contribution >= 0.6 is 0 Å². The van der Waals surface area contributed by atoms with Gasteiger partial charge in [0, 0.05) is 30.8 Å². The molecule has 1 heterocycles. The molecule has 1 fully saturated rings. The number of likely N-dealkylation sites (tertiary alicyclic amines) is 1. The summed E-state index contributed by atoms with van der Waals surface area (Å²) in [7, 11) is 0. The van der Waals surface area contributed by atoms with Crippen LogP contribution in [0.4, 0.5) is 21.9 Å². The Balaban J connectivity index is 1.47. The Morgan fingerprint density at radius 2 is 1.64 bits per heavy atom. The maximum Gasteiger partial charge on any atom is 0.321 e. The van der Waals surface area contributed by atoms with Crippen LogP contribution in [0, 0.1) is 16.0 Å². The van der Waals surface area contributed by atoms with Crippen LogP contribution in [-0.2, 0) is 4.79 Å². The van der Waals surface area contributed by atoms with Gasteiger partial charge < -0.3 is 10.2 Å². The second-order valence-corrected chi connectivity index (χ2v) is 6.45. The van der Waals surface area contributed by atoms with E-state index in [-0.39, 0.29) is 29.2 Å². The summed E-state index contributed by atoms with van der Waals surface area (Å²) in [5.41, 5.74) is 5.99. The fraction of sp³-hybridized carbons (Fsp3) is 0.263. The Labute approximate surface area is 161 Å². The molecule has 2 aromatic carbocycles. The van der Waals surface area contributed by atoms with E-state index in [1.165, 1.54) is 12.1 Å². The number of carbonyl (C=O) groups is 2. The third-order valence-electron chi connectivity index (χ3n) is 4.60. The van der Waals surface area contributed by atoms with E-state index in [1.54, 1.807) is 17.0 Å². The number of nitro groups is 1. The molecule has 1 aliphatic rings. The van der Waals surface area contributed by atoms with Gasteiger partial charge in [-0.25, -0.2) is 4.79 Å². The van der Waals surface area contributed by atoms with Crippen molar-refractivity contribution in [3.63, 3.8) is 0 Å². The van der Waals surface area contributed by atoms with Crippen molar-refractivity contribution in [2.75, 3.05) is 23.8 Å². The number of carbonyl (C=O) groups excluding carboxylic acids is 2. The fourth-order valence-electron chi connectivity index (χ4n) is 3.04. The highest BCUT2D eigenvalue weighted by Crippen LogP contribution is 2.23. The minimum absolute atomic E-state index is 0.116. The third kappa shape index (κ3) is 4.76. The van der Waals surface area contributed by atoms with Crippen LogP contribution in [0.15, 0.2) is 54.6 Å². The van der Waals surface area contributed by atoms with Gasteiger partial charge in [0.25, 0.3) is 5.69 Å². The van der Waals surface area contributed by atoms with Crippen molar-refractivity contribution in [2.24, 2.45) is 5.92 Å². The molecular weight excluding hydrogens is 362 g/mol. The number of nitro benzene ring substituents is 1. The first kappa shape index (κ1) is 19.2. The molecule has 3 amide bonds. The van der Waals surface area contributed by atoms with Crippen molar-refractivity contribution in [2.45, 2.75) is 12.8 Å². The van der Waals surface area contributed by atoms with Crippen molar-refractivity contribution >= 4 is 29.0 Å². The standard InChI is InChI=1S/C19H21N5O4/c25-18(22-21-16-8-4-5-9-17(16)24(27)28)14-10-12-23(13-11-14)19(26)20-15-6-2-1-3-7-15/h1-9,14,21H,10-13H2,(H,20,26)(H,22,25). The van der Waals surface area contributed by atoms with Gasteiger partial charge in [-0.1, -0.05) is 30.3 Å². The Morgan fingerprint density at radius 3 is 2.32 bits per heavy atom. The highest BCUT2D eigenvalue weighted by molar-refractivity contribution is 5.89. The minimum atomic E-state index is -0.516. The molecule has 0 aromatic heterocycles. The van der Waals surface area contributed by atoms with Crippen LogP contribution in [0.5, 0.6) is 0 Å². The molecule has 3 N–H and O–H groups in total. The van der Waals surface area contributed by atoms with Crippen molar-refractivity contribution < 1.29 is 14.5 Å². The summed E-state index contributed by atoms with van der Waals surface area (Å²) in [5.74, 6) is -0.516. The lowest BCUT2D eigenvalue weighted by atomic mass is 9.96. The molecular formula is C19H21N5O4. The van der Waals surface area contributed by atoms with Gasteiger partial charge in [0.15, 0.2) is 0 Å². The Morgan fingerprint density at radius 1 is 1.00 bits per heavy atom. The maximum absolute atomic E-state index is 12.4. The number of urea groups is 1. The Kier molecular flexibility index (Phi) is 6.05. The zero-order chi connectivity index (χ0) is 19.9. The minimum Gasteiger partial charge on any atom is -0.324 e. The number of rotatable bonds is 5. The highest BCUT2D eigenvalue weighted by Gasteiger charge is 2.27. The average Bonchev–Trinajstić information content (AvgIpc) is 2.73. The van der Waals surface area contributed by atoms with E-state index in [2.05, 4.69) is 16.2 Å². The third-order valence-corrected chi connectivity index (χ3v) is 4.60. The monoisotopic (exact) mass is 383 g/mol. The molecule has 0 saturated carbocycles. The Hall–Kier alpha value is -3.62. The number of nitrogens with zero attached hydrogens (tertiary/aromatic N) is 2. The normalized spacial score (nSPS) is 14.2. The molecule has 9 nitrogen and oxygen atoms in total. The van der Waals surface area contributed by atoms with Gasteiger partial charge in [0.1, 0.15) is 5.69 Å². The summed E-state index contributed by atoms with van der Waals surface area (Å²) in [6.45, 7) is 0.921. The largest absolute Gasteiger partial charge is 0.324 e. The van der Waals surface area contributed by atoms with Crippen LogP contribution in [-0.4, -0.2) is 34.9 Å². The van der Waals surface area contributed by atoms with Gasteiger partial charge >= 0.3 is 6.03 Å². The molecule has 0 bridgehead atoms. The number of benzene rings is 2. The molecule has 1 aliphatic heterocycles. The quantitative estimate of drug-likeness (QED) is 0.542. The van der Waals surface area contributed by atoms with Gasteiger partial charge in [-0.05, 0) is 31.0 Å². The zero-order valence-electron chi connectivity index (χ0n) is 15.1. The number of hydrogen-bond donors (Lipinski definition) is 3. The summed E-state index contributed by atoms with van der Waals surface area (Å²) in [5, 5.41) is 13.8. The highest BCUT2D eigenvalue weighted by atomic mass is 16.6. The van der Waals surface area contributed by atoms with Crippen molar-refractivity contribution in [1.29, 1.82) is 0 Å². The van der Waals surface area contributed by atoms with E-state index < -0.39 is 4.92 Å². The second kappa shape index (κ2) is 8.85. The molecule has 0 atom stereocenters. The SMILES string of the molecule is O=C(NNc1ccccc1[N+](=O)[O-])C1CCN(C(=O)Nc2ccccc2)CC1.